The molecule has 0 fully saturated rings. The molecule has 0 amide bonds. The highest BCUT2D eigenvalue weighted by Crippen LogP contribution is 2.13. The zero-order valence-corrected chi connectivity index (χ0v) is 47.3. The Labute approximate surface area is 454 Å². The minimum atomic E-state index is -0.824. The van der Waals surface area contributed by atoms with Crippen LogP contribution in [0.1, 0.15) is 233 Å². The van der Waals surface area contributed by atoms with Gasteiger partial charge in [0.15, 0.2) is 6.10 Å². The molecule has 0 radical (unpaired) electrons. The van der Waals surface area contributed by atoms with Gasteiger partial charge in [0.05, 0.1) is 0 Å². The Balaban J connectivity index is 4.42. The van der Waals surface area contributed by atoms with Gasteiger partial charge in [-0.25, -0.2) is 0 Å². The summed E-state index contributed by atoms with van der Waals surface area (Å²) in [6.07, 6.45) is 88.2. The average Bonchev–Trinajstić information content (AvgIpc) is 3.40. The van der Waals surface area contributed by atoms with Crippen molar-refractivity contribution in [1.82, 2.24) is 0 Å². The predicted octanol–water partition coefficient (Wildman–Crippen LogP) is 20.1. The number of rotatable bonds is 51. The number of hydrogen-bond acceptors (Lipinski definition) is 6. The van der Waals surface area contributed by atoms with Crippen LogP contribution < -0.4 is 0 Å². The molecule has 0 saturated heterocycles. The van der Waals surface area contributed by atoms with Crippen LogP contribution in [0.2, 0.25) is 0 Å². The maximum atomic E-state index is 12.8. The third kappa shape index (κ3) is 57.9. The smallest absolute Gasteiger partial charge is 0.306 e. The molecule has 0 aliphatic rings. The zero-order chi connectivity index (χ0) is 53.6. The third-order valence-electron chi connectivity index (χ3n) is 11.8. The van der Waals surface area contributed by atoms with Crippen molar-refractivity contribution in [2.45, 2.75) is 239 Å². The maximum Gasteiger partial charge on any atom is 0.306 e. The fraction of sp³-hybridized carbons (Fsp3) is 0.574. The first-order valence-corrected chi connectivity index (χ1v) is 29.5. The molecule has 0 aliphatic heterocycles. The summed E-state index contributed by atoms with van der Waals surface area (Å²) in [7, 11) is 0. The van der Waals surface area contributed by atoms with E-state index in [-0.39, 0.29) is 37.5 Å². The van der Waals surface area contributed by atoms with Gasteiger partial charge in [0.25, 0.3) is 0 Å². The minimum Gasteiger partial charge on any atom is -0.462 e. The average molecular weight is 1020 g/mol. The lowest BCUT2D eigenvalue weighted by Gasteiger charge is -2.18. The van der Waals surface area contributed by atoms with Crippen molar-refractivity contribution in [2.24, 2.45) is 0 Å². The van der Waals surface area contributed by atoms with Gasteiger partial charge in [-0.1, -0.05) is 249 Å². The summed E-state index contributed by atoms with van der Waals surface area (Å²) in [6.45, 7) is 6.31. The highest BCUT2D eigenvalue weighted by Gasteiger charge is 2.19. The lowest BCUT2D eigenvalue weighted by molar-refractivity contribution is -0.167. The van der Waals surface area contributed by atoms with E-state index in [9.17, 15) is 14.4 Å². The molecule has 0 aromatic carbocycles. The van der Waals surface area contributed by atoms with Gasteiger partial charge >= 0.3 is 17.9 Å². The van der Waals surface area contributed by atoms with Gasteiger partial charge in [0.2, 0.25) is 0 Å². The molecular formula is C68H106O6. The summed E-state index contributed by atoms with van der Waals surface area (Å²) in [4.78, 5) is 38.1. The van der Waals surface area contributed by atoms with Gasteiger partial charge < -0.3 is 14.2 Å². The van der Waals surface area contributed by atoms with Crippen molar-refractivity contribution in [3.8, 4) is 0 Å². The van der Waals surface area contributed by atoms with Crippen molar-refractivity contribution in [1.29, 1.82) is 0 Å². The molecule has 6 nitrogen and oxygen atoms in total. The Hall–Kier alpha value is -4.97. The molecule has 0 bridgehead atoms. The molecule has 1 atom stereocenters. The molecule has 0 N–H and O–H groups in total. The van der Waals surface area contributed by atoms with Crippen LogP contribution in [0, 0.1) is 0 Å². The summed E-state index contributed by atoms with van der Waals surface area (Å²) < 4.78 is 16.8. The Morgan fingerprint density at radius 1 is 0.284 bits per heavy atom. The zero-order valence-electron chi connectivity index (χ0n) is 47.3. The van der Waals surface area contributed by atoms with Crippen LogP contribution in [-0.4, -0.2) is 37.2 Å². The molecule has 414 valence electrons. The SMILES string of the molecule is CC/C=C\C/C=C\C/C=C\C/C=C\C/C=C\C/C=C\C/C=C\C/C=C\CCCCCCC(=O)OCC(COC(=O)CCCCCCCCCCCC)OC(=O)CCC/C=C\C/C=C\C/C=C\C/C=C\C/C=C\CC. The number of unbranched alkanes of at least 4 members (excludes halogenated alkanes) is 14. The van der Waals surface area contributed by atoms with Gasteiger partial charge in [-0.2, -0.15) is 0 Å². The molecule has 0 aromatic rings. The quantitative estimate of drug-likeness (QED) is 0.0261. The number of esters is 3. The van der Waals surface area contributed by atoms with E-state index in [1.807, 2.05) is 0 Å². The fourth-order valence-electron chi connectivity index (χ4n) is 7.43. The number of carbonyl (C=O) groups excluding carboxylic acids is 3. The molecule has 0 spiro atoms. The number of ether oxygens (including phenoxy) is 3. The van der Waals surface area contributed by atoms with Crippen LogP contribution >= 0.6 is 0 Å². The lowest BCUT2D eigenvalue weighted by Crippen LogP contribution is -2.30. The number of allylic oxidation sites excluding steroid dienone is 26. The Morgan fingerprint density at radius 3 is 0.865 bits per heavy atom. The van der Waals surface area contributed by atoms with Crippen molar-refractivity contribution in [2.75, 3.05) is 13.2 Å². The highest BCUT2D eigenvalue weighted by atomic mass is 16.6. The van der Waals surface area contributed by atoms with Crippen molar-refractivity contribution in [3.05, 3.63) is 158 Å². The van der Waals surface area contributed by atoms with Crippen molar-refractivity contribution in [3.63, 3.8) is 0 Å². The van der Waals surface area contributed by atoms with E-state index in [1.165, 1.54) is 44.9 Å². The summed E-state index contributed by atoms with van der Waals surface area (Å²) in [5, 5.41) is 0. The Kier molecular flexibility index (Phi) is 56.5. The van der Waals surface area contributed by atoms with Gasteiger partial charge in [-0.3, -0.25) is 14.4 Å². The first-order valence-electron chi connectivity index (χ1n) is 29.5. The second kappa shape index (κ2) is 60.6. The standard InChI is InChI=1S/C68H106O6/c1-4-7-10-13-16-19-22-24-26-28-29-30-31-32-33-34-35-36-37-38-39-41-42-44-46-49-52-55-58-61-67(70)73-64-65(63-72-66(69)60-57-54-51-48-21-18-15-12-9-6-3)74-68(71)62-59-56-53-50-47-45-43-40-27-25-23-20-17-14-11-8-5-2/h7-8,10-11,16-17,19-20,24-27,29-30,32-33,35-36,38-39,42-45,50,53,65H,4-6,9,12-15,18,21-23,28,31,34,37,40-41,46-49,51-52,54-64H2,1-3H3/b10-7-,11-8-,19-16-,20-17-,26-24-,27-25-,30-29-,33-32-,36-35-,39-38-,44-42-,45-43-,53-50-. The molecule has 0 rings (SSSR count). The largest absolute Gasteiger partial charge is 0.462 e. The summed E-state index contributed by atoms with van der Waals surface area (Å²) in [6, 6.07) is 0. The predicted molar refractivity (Wildman–Crippen MR) is 320 cm³/mol. The molecule has 6 heteroatoms. The normalized spacial score (nSPS) is 13.3. The van der Waals surface area contributed by atoms with E-state index in [0.29, 0.717) is 19.3 Å². The molecule has 1 unspecified atom stereocenters. The monoisotopic (exact) mass is 1020 g/mol. The molecule has 74 heavy (non-hydrogen) atoms. The number of hydrogen-bond donors (Lipinski definition) is 0. The van der Waals surface area contributed by atoms with Crippen molar-refractivity contribution >= 4 is 17.9 Å². The second-order valence-corrected chi connectivity index (χ2v) is 18.8. The summed E-state index contributed by atoms with van der Waals surface area (Å²) in [5.41, 5.74) is 0. The Morgan fingerprint density at radius 2 is 0.541 bits per heavy atom. The number of carbonyl (C=O) groups is 3. The van der Waals surface area contributed by atoms with Crippen LogP contribution in [0.5, 0.6) is 0 Å². The lowest BCUT2D eigenvalue weighted by atomic mass is 10.1. The molecule has 0 heterocycles. The topological polar surface area (TPSA) is 78.9 Å². The minimum absolute atomic E-state index is 0.114. The van der Waals surface area contributed by atoms with Crippen LogP contribution in [0.25, 0.3) is 0 Å². The molecule has 0 saturated carbocycles. The van der Waals surface area contributed by atoms with Crippen LogP contribution in [0.3, 0.4) is 0 Å². The van der Waals surface area contributed by atoms with Gasteiger partial charge in [0.1, 0.15) is 13.2 Å². The molecule has 0 aliphatic carbocycles. The van der Waals surface area contributed by atoms with Gasteiger partial charge in [-0.05, 0) is 122 Å². The third-order valence-corrected chi connectivity index (χ3v) is 11.8. The van der Waals surface area contributed by atoms with E-state index < -0.39 is 6.10 Å². The van der Waals surface area contributed by atoms with Gasteiger partial charge in [-0.15, -0.1) is 0 Å². The molecule has 0 aromatic heterocycles. The van der Waals surface area contributed by atoms with Crippen LogP contribution in [-0.2, 0) is 28.6 Å². The maximum absolute atomic E-state index is 12.8. The van der Waals surface area contributed by atoms with E-state index >= 15 is 0 Å². The second-order valence-electron chi connectivity index (χ2n) is 18.8. The highest BCUT2D eigenvalue weighted by molar-refractivity contribution is 5.71. The summed E-state index contributed by atoms with van der Waals surface area (Å²) >= 11 is 0. The van der Waals surface area contributed by atoms with Crippen LogP contribution in [0.4, 0.5) is 0 Å². The van der Waals surface area contributed by atoms with Gasteiger partial charge in [0, 0.05) is 19.3 Å². The first-order chi connectivity index (χ1) is 36.5. The molecular weight excluding hydrogens is 913 g/mol. The van der Waals surface area contributed by atoms with E-state index in [4.69, 9.17) is 14.2 Å². The Bertz CT molecular complexity index is 1690. The van der Waals surface area contributed by atoms with E-state index in [0.717, 1.165) is 141 Å². The summed E-state index contributed by atoms with van der Waals surface area (Å²) in [5.74, 6) is -1.01. The first kappa shape index (κ1) is 69.0. The van der Waals surface area contributed by atoms with Crippen molar-refractivity contribution < 1.29 is 28.6 Å². The van der Waals surface area contributed by atoms with E-state index in [1.54, 1.807) is 0 Å². The van der Waals surface area contributed by atoms with Crippen LogP contribution in [0.15, 0.2) is 158 Å². The van der Waals surface area contributed by atoms with E-state index in [2.05, 4.69) is 179 Å². The fourth-order valence-corrected chi connectivity index (χ4v) is 7.43.